The first-order valence-electron chi connectivity index (χ1n) is 6.14. The van der Waals surface area contributed by atoms with Crippen LogP contribution < -0.4 is 15.8 Å². The Morgan fingerprint density at radius 3 is 2.50 bits per heavy atom. The van der Waals surface area contributed by atoms with Crippen molar-refractivity contribution in [1.29, 1.82) is 0 Å². The Morgan fingerprint density at radius 2 is 1.91 bits per heavy atom. The maximum atomic E-state index is 12.2. The van der Waals surface area contributed by atoms with Crippen molar-refractivity contribution in [1.82, 2.24) is 0 Å². The standard InChI is InChI=1S/C14H14N2O5S/c1-21-12-5-3-2-4-10(12)14(17)16-9-6-7-13(11(15)8-9)22(18,19)20/h2-8H,15H2,1H3,(H,16,17)(H,18,19,20). The molecule has 1 amide bonds. The second kappa shape index (κ2) is 6.04. The lowest BCUT2D eigenvalue weighted by molar-refractivity contribution is 0.102. The quantitative estimate of drug-likeness (QED) is 0.583. The lowest BCUT2D eigenvalue weighted by atomic mass is 10.2. The number of ether oxygens (including phenoxy) is 1. The molecule has 22 heavy (non-hydrogen) atoms. The molecule has 0 unspecified atom stereocenters. The summed E-state index contributed by atoms with van der Waals surface area (Å²) >= 11 is 0. The SMILES string of the molecule is COc1ccccc1C(=O)Nc1ccc(S(=O)(=O)O)c(N)c1. The van der Waals surface area contributed by atoms with Gasteiger partial charge < -0.3 is 15.8 Å². The number of benzene rings is 2. The highest BCUT2D eigenvalue weighted by atomic mass is 32.2. The number of anilines is 2. The van der Waals surface area contributed by atoms with Gasteiger partial charge in [-0.1, -0.05) is 12.1 Å². The van der Waals surface area contributed by atoms with Gasteiger partial charge in [-0.25, -0.2) is 0 Å². The molecule has 4 N–H and O–H groups in total. The van der Waals surface area contributed by atoms with E-state index >= 15 is 0 Å². The van der Waals surface area contributed by atoms with Crippen LogP contribution in [0.25, 0.3) is 0 Å². The average Bonchev–Trinajstić information content (AvgIpc) is 2.45. The highest BCUT2D eigenvalue weighted by Gasteiger charge is 2.16. The molecule has 0 saturated carbocycles. The van der Waals surface area contributed by atoms with Crippen LogP contribution in [0.15, 0.2) is 47.4 Å². The minimum absolute atomic E-state index is 0.166. The van der Waals surface area contributed by atoms with Crippen LogP contribution in [0.2, 0.25) is 0 Å². The lowest BCUT2D eigenvalue weighted by Gasteiger charge is -2.10. The number of hydrogen-bond donors (Lipinski definition) is 3. The maximum absolute atomic E-state index is 12.2. The molecule has 0 saturated heterocycles. The summed E-state index contributed by atoms with van der Waals surface area (Å²) in [5, 5.41) is 2.58. The van der Waals surface area contributed by atoms with E-state index in [4.69, 9.17) is 15.0 Å². The van der Waals surface area contributed by atoms with Crippen molar-refractivity contribution >= 4 is 27.4 Å². The number of carbonyl (C=O) groups is 1. The van der Waals surface area contributed by atoms with Crippen LogP contribution in [0.3, 0.4) is 0 Å². The van der Waals surface area contributed by atoms with Crippen molar-refractivity contribution in [3.63, 3.8) is 0 Å². The number of nitrogens with two attached hydrogens (primary N) is 1. The van der Waals surface area contributed by atoms with E-state index in [-0.39, 0.29) is 5.69 Å². The molecule has 0 aliphatic rings. The zero-order chi connectivity index (χ0) is 16.3. The third-order valence-electron chi connectivity index (χ3n) is 2.90. The summed E-state index contributed by atoms with van der Waals surface area (Å²) in [6.07, 6.45) is 0. The Labute approximate surface area is 127 Å². The lowest BCUT2D eigenvalue weighted by Crippen LogP contribution is -2.13. The molecule has 0 radical (unpaired) electrons. The van der Waals surface area contributed by atoms with Crippen molar-refractivity contribution in [2.45, 2.75) is 4.90 Å². The van der Waals surface area contributed by atoms with Crippen LogP contribution >= 0.6 is 0 Å². The normalized spacial score (nSPS) is 11.0. The number of amides is 1. The minimum Gasteiger partial charge on any atom is -0.496 e. The fourth-order valence-electron chi connectivity index (χ4n) is 1.89. The number of carbonyl (C=O) groups excluding carboxylic acids is 1. The molecule has 0 bridgehead atoms. The Morgan fingerprint density at radius 1 is 1.23 bits per heavy atom. The van der Waals surface area contributed by atoms with E-state index in [1.165, 1.54) is 19.2 Å². The van der Waals surface area contributed by atoms with Gasteiger partial charge >= 0.3 is 0 Å². The first-order valence-corrected chi connectivity index (χ1v) is 7.58. The predicted molar refractivity (Wildman–Crippen MR) is 81.6 cm³/mol. The van der Waals surface area contributed by atoms with Gasteiger partial charge in [0, 0.05) is 5.69 Å². The number of nitrogen functional groups attached to an aromatic ring is 1. The van der Waals surface area contributed by atoms with Gasteiger partial charge in [-0.05, 0) is 30.3 Å². The smallest absolute Gasteiger partial charge is 0.296 e. The van der Waals surface area contributed by atoms with Crippen molar-refractivity contribution in [2.24, 2.45) is 0 Å². The molecule has 2 aromatic carbocycles. The second-order valence-electron chi connectivity index (χ2n) is 4.38. The second-order valence-corrected chi connectivity index (χ2v) is 5.77. The first-order chi connectivity index (χ1) is 10.3. The van der Waals surface area contributed by atoms with Gasteiger partial charge in [0.2, 0.25) is 0 Å². The summed E-state index contributed by atoms with van der Waals surface area (Å²) in [5.74, 6) is -0.0287. The average molecular weight is 322 g/mol. The Bertz CT molecular complexity index is 818. The maximum Gasteiger partial charge on any atom is 0.296 e. The molecule has 0 atom stereocenters. The third-order valence-corrected chi connectivity index (χ3v) is 3.82. The molecule has 0 aliphatic carbocycles. The number of nitrogens with one attached hydrogen (secondary N) is 1. The van der Waals surface area contributed by atoms with Crippen LogP contribution in [0, 0.1) is 0 Å². The number of rotatable bonds is 4. The fraction of sp³-hybridized carbons (Fsp3) is 0.0714. The molecule has 2 aromatic rings. The van der Waals surface area contributed by atoms with E-state index in [1.54, 1.807) is 24.3 Å². The summed E-state index contributed by atoms with van der Waals surface area (Å²) in [7, 11) is -2.95. The molecule has 116 valence electrons. The van der Waals surface area contributed by atoms with E-state index < -0.39 is 20.9 Å². The van der Waals surface area contributed by atoms with Crippen molar-refractivity contribution in [2.75, 3.05) is 18.2 Å². The monoisotopic (exact) mass is 322 g/mol. The predicted octanol–water partition coefficient (Wildman–Crippen LogP) is 1.78. The van der Waals surface area contributed by atoms with E-state index in [0.29, 0.717) is 17.0 Å². The fourth-order valence-corrected chi connectivity index (χ4v) is 2.49. The van der Waals surface area contributed by atoms with E-state index in [1.807, 2.05) is 0 Å². The van der Waals surface area contributed by atoms with Crippen LogP contribution in [-0.4, -0.2) is 26.0 Å². The number of hydrogen-bond acceptors (Lipinski definition) is 5. The zero-order valence-corrected chi connectivity index (χ0v) is 12.4. The molecule has 0 spiro atoms. The van der Waals surface area contributed by atoms with Gasteiger partial charge in [0.1, 0.15) is 10.6 Å². The number of methoxy groups -OCH3 is 1. The molecule has 7 nitrogen and oxygen atoms in total. The van der Waals surface area contributed by atoms with Crippen LogP contribution in [0.4, 0.5) is 11.4 Å². The van der Waals surface area contributed by atoms with E-state index in [0.717, 1.165) is 6.07 Å². The molecule has 0 fully saturated rings. The molecule has 0 aliphatic heterocycles. The topological polar surface area (TPSA) is 119 Å². The Kier molecular flexibility index (Phi) is 4.34. The van der Waals surface area contributed by atoms with Gasteiger partial charge in [-0.15, -0.1) is 0 Å². The van der Waals surface area contributed by atoms with Gasteiger partial charge in [0.05, 0.1) is 18.4 Å². The molecule has 0 heterocycles. The van der Waals surface area contributed by atoms with Crippen LogP contribution in [0.5, 0.6) is 5.75 Å². The highest BCUT2D eigenvalue weighted by molar-refractivity contribution is 7.86. The van der Waals surface area contributed by atoms with Gasteiger partial charge in [0.25, 0.3) is 16.0 Å². The summed E-state index contributed by atoms with van der Waals surface area (Å²) in [6, 6.07) is 10.3. The minimum atomic E-state index is -4.40. The summed E-state index contributed by atoms with van der Waals surface area (Å²) in [5.41, 5.74) is 6.01. The van der Waals surface area contributed by atoms with Gasteiger partial charge in [0.15, 0.2) is 0 Å². The van der Waals surface area contributed by atoms with Gasteiger partial charge in [-0.2, -0.15) is 8.42 Å². The molecular formula is C14H14N2O5S. The molecular weight excluding hydrogens is 308 g/mol. The van der Waals surface area contributed by atoms with Crippen molar-refractivity contribution in [3.05, 3.63) is 48.0 Å². The molecule has 2 rings (SSSR count). The molecule has 8 heteroatoms. The van der Waals surface area contributed by atoms with Crippen LogP contribution in [-0.2, 0) is 10.1 Å². The van der Waals surface area contributed by atoms with Crippen molar-refractivity contribution in [3.8, 4) is 5.75 Å². The Balaban J connectivity index is 2.28. The van der Waals surface area contributed by atoms with E-state index in [9.17, 15) is 13.2 Å². The number of para-hydroxylation sites is 1. The highest BCUT2D eigenvalue weighted by Crippen LogP contribution is 2.24. The molecule has 0 aromatic heterocycles. The summed E-state index contributed by atoms with van der Waals surface area (Å²) in [4.78, 5) is 11.8. The third kappa shape index (κ3) is 3.35. The largest absolute Gasteiger partial charge is 0.496 e. The summed E-state index contributed by atoms with van der Waals surface area (Å²) in [6.45, 7) is 0. The van der Waals surface area contributed by atoms with E-state index in [2.05, 4.69) is 5.32 Å². The zero-order valence-electron chi connectivity index (χ0n) is 11.6. The van der Waals surface area contributed by atoms with Gasteiger partial charge in [-0.3, -0.25) is 9.35 Å². The van der Waals surface area contributed by atoms with Crippen LogP contribution in [0.1, 0.15) is 10.4 Å². The first kappa shape index (κ1) is 15.8. The Hall–Kier alpha value is -2.58. The summed E-state index contributed by atoms with van der Waals surface area (Å²) < 4.78 is 36.2. The van der Waals surface area contributed by atoms with Crippen molar-refractivity contribution < 1.29 is 22.5 Å².